The van der Waals surface area contributed by atoms with Crippen molar-refractivity contribution >= 4 is 5.78 Å². The van der Waals surface area contributed by atoms with Gasteiger partial charge >= 0.3 is 0 Å². The molecule has 0 aromatic carbocycles. The van der Waals surface area contributed by atoms with Gasteiger partial charge < -0.3 is 4.74 Å². The summed E-state index contributed by atoms with van der Waals surface area (Å²) in [5.74, 6) is 0.0126. The molecule has 0 radical (unpaired) electrons. The molecule has 0 saturated heterocycles. The van der Waals surface area contributed by atoms with Crippen LogP contribution in [0.5, 0.6) is 0 Å². The molecular formula is C11H15NO2. The number of hydrogen-bond donors (Lipinski definition) is 0. The molecule has 14 heavy (non-hydrogen) atoms. The zero-order valence-electron chi connectivity index (χ0n) is 8.78. The van der Waals surface area contributed by atoms with E-state index in [-0.39, 0.29) is 18.5 Å². The number of aromatic nitrogens is 1. The number of carbonyl (C=O) groups excluding carboxylic acids is 1. The van der Waals surface area contributed by atoms with Crippen molar-refractivity contribution in [2.45, 2.75) is 26.9 Å². The number of hydrogen-bond acceptors (Lipinski definition) is 3. The van der Waals surface area contributed by atoms with E-state index in [1.165, 1.54) is 0 Å². The lowest BCUT2D eigenvalue weighted by atomic mass is 10.1. The molecule has 0 aliphatic carbocycles. The van der Waals surface area contributed by atoms with Gasteiger partial charge in [0.25, 0.3) is 0 Å². The summed E-state index contributed by atoms with van der Waals surface area (Å²) >= 11 is 0. The lowest BCUT2D eigenvalue weighted by Gasteiger charge is -2.07. The fraction of sp³-hybridized carbons (Fsp3) is 0.455. The topological polar surface area (TPSA) is 39.2 Å². The lowest BCUT2D eigenvalue weighted by Crippen LogP contribution is -2.14. The largest absolute Gasteiger partial charge is 0.371 e. The van der Waals surface area contributed by atoms with Crippen molar-refractivity contribution in [2.24, 2.45) is 0 Å². The molecule has 1 aromatic rings. The first-order valence-electron chi connectivity index (χ1n) is 4.66. The smallest absolute Gasteiger partial charge is 0.188 e. The SMILES string of the molecule is Cc1cnccc1C(=O)COC(C)C. The van der Waals surface area contributed by atoms with E-state index < -0.39 is 0 Å². The zero-order valence-corrected chi connectivity index (χ0v) is 8.78. The second-order valence-corrected chi connectivity index (χ2v) is 3.47. The number of rotatable bonds is 4. The number of ether oxygens (including phenoxy) is 1. The molecule has 0 N–H and O–H groups in total. The Morgan fingerprint density at radius 3 is 2.86 bits per heavy atom. The van der Waals surface area contributed by atoms with Crippen LogP contribution >= 0.6 is 0 Å². The molecule has 1 heterocycles. The van der Waals surface area contributed by atoms with Crippen LogP contribution in [0.4, 0.5) is 0 Å². The maximum Gasteiger partial charge on any atom is 0.188 e. The van der Waals surface area contributed by atoms with Crippen molar-refractivity contribution in [3.8, 4) is 0 Å². The molecule has 0 bridgehead atoms. The average molecular weight is 193 g/mol. The van der Waals surface area contributed by atoms with Gasteiger partial charge in [0.05, 0.1) is 6.10 Å². The molecule has 0 unspecified atom stereocenters. The Labute approximate surface area is 84.1 Å². The second-order valence-electron chi connectivity index (χ2n) is 3.47. The Morgan fingerprint density at radius 1 is 1.57 bits per heavy atom. The van der Waals surface area contributed by atoms with Crippen molar-refractivity contribution in [3.63, 3.8) is 0 Å². The van der Waals surface area contributed by atoms with E-state index in [0.717, 1.165) is 5.56 Å². The normalized spacial score (nSPS) is 10.6. The molecular weight excluding hydrogens is 178 g/mol. The van der Waals surface area contributed by atoms with Crippen LogP contribution in [-0.2, 0) is 4.74 Å². The summed E-state index contributed by atoms with van der Waals surface area (Å²) in [5, 5.41) is 0. The van der Waals surface area contributed by atoms with E-state index >= 15 is 0 Å². The van der Waals surface area contributed by atoms with Crippen molar-refractivity contribution in [3.05, 3.63) is 29.6 Å². The number of aryl methyl sites for hydroxylation is 1. The first-order valence-corrected chi connectivity index (χ1v) is 4.66. The van der Waals surface area contributed by atoms with E-state index in [1.54, 1.807) is 18.5 Å². The molecule has 0 amide bonds. The summed E-state index contributed by atoms with van der Waals surface area (Å²) in [6.07, 6.45) is 3.39. The van der Waals surface area contributed by atoms with E-state index in [2.05, 4.69) is 4.98 Å². The first kappa shape index (κ1) is 10.9. The molecule has 1 rings (SSSR count). The van der Waals surface area contributed by atoms with Gasteiger partial charge in [-0.2, -0.15) is 0 Å². The maximum absolute atomic E-state index is 11.6. The van der Waals surface area contributed by atoms with Crippen LogP contribution in [0.15, 0.2) is 18.5 Å². The Morgan fingerprint density at radius 2 is 2.29 bits per heavy atom. The van der Waals surface area contributed by atoms with Gasteiger partial charge in [-0.05, 0) is 32.4 Å². The predicted molar refractivity (Wildman–Crippen MR) is 54.4 cm³/mol. The minimum absolute atomic E-state index is 0.0126. The molecule has 3 heteroatoms. The van der Waals surface area contributed by atoms with E-state index in [4.69, 9.17) is 4.74 Å². The Kier molecular flexibility index (Phi) is 3.77. The molecule has 0 aliphatic heterocycles. The quantitative estimate of drug-likeness (QED) is 0.686. The van der Waals surface area contributed by atoms with Gasteiger partial charge in [0, 0.05) is 18.0 Å². The van der Waals surface area contributed by atoms with Crippen molar-refractivity contribution in [2.75, 3.05) is 6.61 Å². The van der Waals surface area contributed by atoms with E-state index in [9.17, 15) is 4.79 Å². The summed E-state index contributed by atoms with van der Waals surface area (Å²) in [7, 11) is 0. The zero-order chi connectivity index (χ0) is 10.6. The Balaban J connectivity index is 2.65. The highest BCUT2D eigenvalue weighted by atomic mass is 16.5. The summed E-state index contributed by atoms with van der Waals surface area (Å²) < 4.78 is 5.24. The van der Waals surface area contributed by atoms with Crippen LogP contribution in [0.3, 0.4) is 0 Å². The predicted octanol–water partition coefficient (Wildman–Crippen LogP) is 2.00. The van der Waals surface area contributed by atoms with Crippen LogP contribution in [0.1, 0.15) is 29.8 Å². The van der Waals surface area contributed by atoms with Gasteiger partial charge in [-0.3, -0.25) is 9.78 Å². The molecule has 3 nitrogen and oxygen atoms in total. The standard InChI is InChI=1S/C11H15NO2/c1-8(2)14-7-11(13)10-4-5-12-6-9(10)3/h4-6,8H,7H2,1-3H3. The number of Topliss-reactive ketones (excluding diaryl/α,β-unsaturated/α-hetero) is 1. The minimum atomic E-state index is 0.0126. The van der Waals surface area contributed by atoms with Gasteiger partial charge in [0.15, 0.2) is 5.78 Å². The molecule has 0 fully saturated rings. The maximum atomic E-state index is 11.6. The molecule has 1 aromatic heterocycles. The van der Waals surface area contributed by atoms with E-state index in [1.807, 2.05) is 20.8 Å². The van der Waals surface area contributed by atoms with Gasteiger partial charge in [-0.25, -0.2) is 0 Å². The van der Waals surface area contributed by atoms with Crippen LogP contribution in [0, 0.1) is 6.92 Å². The van der Waals surface area contributed by atoms with Crippen LogP contribution in [0.2, 0.25) is 0 Å². The number of carbonyl (C=O) groups is 1. The summed E-state index contributed by atoms with van der Waals surface area (Å²) in [6, 6.07) is 1.72. The molecule has 0 atom stereocenters. The molecule has 0 saturated carbocycles. The van der Waals surface area contributed by atoms with Gasteiger partial charge in [0.2, 0.25) is 0 Å². The number of nitrogens with zero attached hydrogens (tertiary/aromatic N) is 1. The average Bonchev–Trinajstić information content (AvgIpc) is 2.15. The summed E-state index contributed by atoms with van der Waals surface area (Å²) in [5.41, 5.74) is 1.59. The van der Waals surface area contributed by atoms with Crippen molar-refractivity contribution < 1.29 is 9.53 Å². The van der Waals surface area contributed by atoms with Crippen LogP contribution in [0.25, 0.3) is 0 Å². The van der Waals surface area contributed by atoms with Crippen molar-refractivity contribution in [1.29, 1.82) is 0 Å². The highest BCUT2D eigenvalue weighted by Crippen LogP contribution is 2.06. The Hall–Kier alpha value is -1.22. The van der Waals surface area contributed by atoms with Gasteiger partial charge in [-0.15, -0.1) is 0 Å². The molecule has 76 valence electrons. The molecule has 0 aliphatic rings. The number of ketones is 1. The Bertz CT molecular complexity index is 321. The minimum Gasteiger partial charge on any atom is -0.371 e. The molecule has 0 spiro atoms. The number of pyridine rings is 1. The third kappa shape index (κ3) is 2.92. The monoisotopic (exact) mass is 193 g/mol. The summed E-state index contributed by atoms with van der Waals surface area (Å²) in [4.78, 5) is 15.5. The highest BCUT2D eigenvalue weighted by molar-refractivity contribution is 5.98. The summed E-state index contributed by atoms with van der Waals surface area (Å²) in [6.45, 7) is 5.83. The third-order valence-corrected chi connectivity index (χ3v) is 1.87. The van der Waals surface area contributed by atoms with Crippen molar-refractivity contribution in [1.82, 2.24) is 4.98 Å². The second kappa shape index (κ2) is 4.86. The fourth-order valence-electron chi connectivity index (χ4n) is 1.11. The van der Waals surface area contributed by atoms with Crippen LogP contribution < -0.4 is 0 Å². The first-order chi connectivity index (χ1) is 6.61. The van der Waals surface area contributed by atoms with E-state index in [0.29, 0.717) is 5.56 Å². The fourth-order valence-corrected chi connectivity index (χ4v) is 1.11. The van der Waals surface area contributed by atoms with Gasteiger partial charge in [0.1, 0.15) is 6.61 Å². The lowest BCUT2D eigenvalue weighted by molar-refractivity contribution is 0.0584. The third-order valence-electron chi connectivity index (χ3n) is 1.87. The highest BCUT2D eigenvalue weighted by Gasteiger charge is 2.09. The van der Waals surface area contributed by atoms with Crippen LogP contribution in [-0.4, -0.2) is 23.5 Å². The van der Waals surface area contributed by atoms with Gasteiger partial charge in [-0.1, -0.05) is 0 Å².